The molecule has 0 heterocycles. The minimum absolute atomic E-state index is 0.0159. The lowest BCUT2D eigenvalue weighted by Crippen LogP contribution is -2.45. The van der Waals surface area contributed by atoms with Crippen molar-refractivity contribution in [3.05, 3.63) is 58.6 Å². The summed E-state index contributed by atoms with van der Waals surface area (Å²) in [5.41, 5.74) is 0.850. The molecule has 7 heteroatoms. The summed E-state index contributed by atoms with van der Waals surface area (Å²) in [4.78, 5) is 13.0. The quantitative estimate of drug-likeness (QED) is 0.844. The number of hydrogen-bond donors (Lipinski definition) is 1. The number of rotatable bonds is 5. The monoisotopic (exact) mass is 393 g/mol. The van der Waals surface area contributed by atoms with Crippen LogP contribution >= 0.6 is 11.6 Å². The molecule has 0 fully saturated rings. The molecule has 26 heavy (non-hydrogen) atoms. The predicted octanol–water partition coefficient (Wildman–Crippen LogP) is 3.45. The van der Waals surface area contributed by atoms with Crippen LogP contribution in [0, 0.1) is 0 Å². The van der Waals surface area contributed by atoms with E-state index in [2.05, 4.69) is 4.72 Å². The molecular weight excluding hydrogens is 374 g/mol. The Morgan fingerprint density at radius 2 is 1.92 bits per heavy atom. The highest BCUT2D eigenvalue weighted by Crippen LogP contribution is 2.44. The van der Waals surface area contributed by atoms with Gasteiger partial charge in [-0.1, -0.05) is 30.7 Å². The molecule has 2 aromatic rings. The van der Waals surface area contributed by atoms with Crippen LogP contribution in [0.4, 0.5) is 0 Å². The summed E-state index contributed by atoms with van der Waals surface area (Å²) in [5.74, 6) is 0.0245. The van der Waals surface area contributed by atoms with Gasteiger partial charge < -0.3 is 4.74 Å². The Kier molecular flexibility index (Phi) is 4.99. The van der Waals surface area contributed by atoms with Crippen LogP contribution in [0.1, 0.15) is 30.9 Å². The van der Waals surface area contributed by atoms with Crippen LogP contribution in [0.2, 0.25) is 5.02 Å². The second-order valence-electron chi connectivity index (χ2n) is 6.31. The zero-order valence-corrected chi connectivity index (χ0v) is 16.2. The first-order valence-electron chi connectivity index (χ1n) is 8.33. The molecule has 1 aliphatic carbocycles. The first-order chi connectivity index (χ1) is 12.3. The highest BCUT2D eigenvalue weighted by molar-refractivity contribution is 7.90. The van der Waals surface area contributed by atoms with Crippen LogP contribution in [-0.2, 0) is 26.7 Å². The highest BCUT2D eigenvalue weighted by atomic mass is 35.5. The van der Waals surface area contributed by atoms with Crippen molar-refractivity contribution < 1.29 is 17.9 Å². The van der Waals surface area contributed by atoms with E-state index in [0.717, 1.165) is 11.1 Å². The fourth-order valence-corrected chi connectivity index (χ4v) is 4.85. The van der Waals surface area contributed by atoms with Gasteiger partial charge >= 0.3 is 0 Å². The summed E-state index contributed by atoms with van der Waals surface area (Å²) in [6.07, 6.45) is 1.68. The van der Waals surface area contributed by atoms with E-state index in [4.69, 9.17) is 16.3 Å². The highest BCUT2D eigenvalue weighted by Gasteiger charge is 2.45. The van der Waals surface area contributed by atoms with E-state index >= 15 is 0 Å². The summed E-state index contributed by atoms with van der Waals surface area (Å²) in [6.45, 7) is 1.88. The standard InChI is InChI=1S/C19H20ClNO4S/c1-3-19(12-11-15-16(19)5-4-6-17(15)20)18(22)21-26(23,24)14-9-7-13(25-2)8-10-14/h4-10H,3,11-12H2,1-2H3,(H,21,22). The number of carbonyl (C=O) groups is 1. The number of carbonyl (C=O) groups excluding carboxylic acids is 1. The van der Waals surface area contributed by atoms with Crippen molar-refractivity contribution in [3.8, 4) is 5.75 Å². The molecule has 138 valence electrons. The molecule has 2 aromatic carbocycles. The van der Waals surface area contributed by atoms with Gasteiger partial charge in [0.2, 0.25) is 5.91 Å². The molecule has 5 nitrogen and oxygen atoms in total. The lowest BCUT2D eigenvalue weighted by atomic mass is 9.79. The Hall–Kier alpha value is -2.05. The first-order valence-corrected chi connectivity index (χ1v) is 10.2. The lowest BCUT2D eigenvalue weighted by Gasteiger charge is -2.27. The molecule has 1 atom stereocenters. The van der Waals surface area contributed by atoms with Gasteiger partial charge in [-0.05, 0) is 60.7 Å². The first kappa shape index (κ1) is 18.7. The summed E-state index contributed by atoms with van der Waals surface area (Å²) in [6, 6.07) is 11.3. The maximum absolute atomic E-state index is 13.0. The number of nitrogens with one attached hydrogen (secondary N) is 1. The molecule has 0 saturated heterocycles. The Labute approximate surface area is 158 Å². The third-order valence-electron chi connectivity index (χ3n) is 5.07. The second kappa shape index (κ2) is 6.93. The van der Waals surface area contributed by atoms with E-state index in [9.17, 15) is 13.2 Å². The van der Waals surface area contributed by atoms with Crippen molar-refractivity contribution in [2.45, 2.75) is 36.5 Å². The number of benzene rings is 2. The van der Waals surface area contributed by atoms with Crippen molar-refractivity contribution in [2.24, 2.45) is 0 Å². The summed E-state index contributed by atoms with van der Waals surface area (Å²) in [5, 5.41) is 0.614. The van der Waals surface area contributed by atoms with Gasteiger partial charge in [0.05, 0.1) is 17.4 Å². The van der Waals surface area contributed by atoms with Crippen molar-refractivity contribution in [2.75, 3.05) is 7.11 Å². The zero-order valence-electron chi connectivity index (χ0n) is 14.6. The van der Waals surface area contributed by atoms with Crippen LogP contribution in [0.15, 0.2) is 47.4 Å². The molecule has 1 unspecified atom stereocenters. The molecule has 0 saturated carbocycles. The molecule has 1 amide bonds. The molecule has 3 rings (SSSR count). The number of amides is 1. The van der Waals surface area contributed by atoms with Gasteiger partial charge in [0, 0.05) is 5.02 Å². The average molecular weight is 394 g/mol. The van der Waals surface area contributed by atoms with E-state index in [-0.39, 0.29) is 4.90 Å². The number of ether oxygens (including phenoxy) is 1. The SMILES string of the molecule is CCC1(C(=O)NS(=O)(=O)c2ccc(OC)cc2)CCc2c(Cl)cccc21. The van der Waals surface area contributed by atoms with Crippen LogP contribution in [0.25, 0.3) is 0 Å². The van der Waals surface area contributed by atoms with E-state index in [0.29, 0.717) is 30.0 Å². The van der Waals surface area contributed by atoms with E-state index < -0.39 is 21.3 Å². The van der Waals surface area contributed by atoms with Gasteiger partial charge in [-0.2, -0.15) is 0 Å². The van der Waals surface area contributed by atoms with Crippen LogP contribution in [0.3, 0.4) is 0 Å². The number of fused-ring (bicyclic) bond motifs is 1. The number of halogens is 1. The molecule has 1 aliphatic rings. The minimum atomic E-state index is -3.97. The van der Waals surface area contributed by atoms with Gasteiger partial charge in [-0.15, -0.1) is 0 Å². The Bertz CT molecular complexity index is 941. The predicted molar refractivity (Wildman–Crippen MR) is 100 cm³/mol. The average Bonchev–Trinajstić information content (AvgIpc) is 3.03. The Morgan fingerprint density at radius 3 is 2.54 bits per heavy atom. The topological polar surface area (TPSA) is 72.5 Å². The van der Waals surface area contributed by atoms with Gasteiger partial charge in [0.25, 0.3) is 10.0 Å². The molecule has 0 aliphatic heterocycles. The van der Waals surface area contributed by atoms with Crippen molar-refractivity contribution in [3.63, 3.8) is 0 Å². The normalized spacial score (nSPS) is 19.0. The number of methoxy groups -OCH3 is 1. The van der Waals surface area contributed by atoms with E-state index in [1.54, 1.807) is 24.3 Å². The fraction of sp³-hybridized carbons (Fsp3) is 0.316. The van der Waals surface area contributed by atoms with Crippen molar-refractivity contribution >= 4 is 27.5 Å². The van der Waals surface area contributed by atoms with Crippen molar-refractivity contribution in [1.29, 1.82) is 0 Å². The molecule has 1 N–H and O–H groups in total. The van der Waals surface area contributed by atoms with Gasteiger partial charge in [-0.25, -0.2) is 13.1 Å². The molecular formula is C19H20ClNO4S. The maximum atomic E-state index is 13.0. The summed E-state index contributed by atoms with van der Waals surface area (Å²) in [7, 11) is -2.47. The minimum Gasteiger partial charge on any atom is -0.497 e. The largest absolute Gasteiger partial charge is 0.497 e. The third kappa shape index (κ3) is 3.08. The molecule has 0 aromatic heterocycles. The second-order valence-corrected chi connectivity index (χ2v) is 8.40. The molecule has 0 radical (unpaired) electrons. The zero-order chi connectivity index (χ0) is 18.9. The Balaban J connectivity index is 1.92. The van der Waals surface area contributed by atoms with Gasteiger partial charge in [0.1, 0.15) is 5.75 Å². The molecule has 0 spiro atoms. The summed E-state index contributed by atoms with van der Waals surface area (Å²) < 4.78 is 32.6. The fourth-order valence-electron chi connectivity index (χ4n) is 3.53. The smallest absolute Gasteiger partial charge is 0.264 e. The number of sulfonamides is 1. The molecule has 0 bridgehead atoms. The van der Waals surface area contributed by atoms with Crippen molar-refractivity contribution in [1.82, 2.24) is 4.72 Å². The maximum Gasteiger partial charge on any atom is 0.264 e. The van der Waals surface area contributed by atoms with E-state index in [1.165, 1.54) is 19.2 Å². The summed E-state index contributed by atoms with van der Waals surface area (Å²) >= 11 is 6.25. The van der Waals surface area contributed by atoms with Crippen LogP contribution in [-0.4, -0.2) is 21.4 Å². The Morgan fingerprint density at radius 1 is 1.23 bits per heavy atom. The van der Waals surface area contributed by atoms with Crippen LogP contribution < -0.4 is 9.46 Å². The lowest BCUT2D eigenvalue weighted by molar-refractivity contribution is -0.125. The van der Waals surface area contributed by atoms with Gasteiger partial charge in [0.15, 0.2) is 0 Å². The number of hydrogen-bond acceptors (Lipinski definition) is 4. The third-order valence-corrected chi connectivity index (χ3v) is 6.77. The van der Waals surface area contributed by atoms with E-state index in [1.807, 2.05) is 13.0 Å². The van der Waals surface area contributed by atoms with Crippen LogP contribution in [0.5, 0.6) is 5.75 Å². The van der Waals surface area contributed by atoms with Gasteiger partial charge in [-0.3, -0.25) is 4.79 Å².